The molecule has 1 aliphatic carbocycles. The molecule has 0 bridgehead atoms. The van der Waals surface area contributed by atoms with Gasteiger partial charge in [0.2, 0.25) is 0 Å². The van der Waals surface area contributed by atoms with Crippen molar-refractivity contribution in [3.05, 3.63) is 100 Å². The van der Waals surface area contributed by atoms with Crippen molar-refractivity contribution in [1.29, 1.82) is 5.26 Å². The average molecular weight is 436 g/mol. The zero-order chi connectivity index (χ0) is 22.5. The summed E-state index contributed by atoms with van der Waals surface area (Å²) in [5, 5.41) is 9.66. The minimum absolute atomic E-state index is 0.314. The fourth-order valence-electron chi connectivity index (χ4n) is 4.73. The molecule has 6 heteroatoms. The maximum atomic E-state index is 13.9. The topological polar surface area (TPSA) is 63.2 Å². The molecule has 1 saturated carbocycles. The Kier molecular flexibility index (Phi) is 4.51. The molecule has 0 amide bonds. The van der Waals surface area contributed by atoms with Crippen LogP contribution in [0.2, 0.25) is 0 Å². The van der Waals surface area contributed by atoms with Gasteiger partial charge in [0.25, 0.3) is 0 Å². The van der Waals surface area contributed by atoms with Crippen LogP contribution >= 0.6 is 0 Å². The number of hydrogen-bond donors (Lipinski definition) is 0. The van der Waals surface area contributed by atoms with Crippen molar-refractivity contribution < 1.29 is 9.13 Å². The summed E-state index contributed by atoms with van der Waals surface area (Å²) in [7, 11) is 0. The lowest BCUT2D eigenvalue weighted by atomic mass is 9.89. The van der Waals surface area contributed by atoms with Crippen molar-refractivity contribution in [1.82, 2.24) is 14.4 Å². The zero-order valence-corrected chi connectivity index (χ0v) is 18.2. The molecule has 5 nitrogen and oxygen atoms in total. The average Bonchev–Trinajstić information content (AvgIpc) is 3.63. The van der Waals surface area contributed by atoms with Crippen molar-refractivity contribution in [2.24, 2.45) is 0 Å². The van der Waals surface area contributed by atoms with Gasteiger partial charge < -0.3 is 9.14 Å². The normalized spacial score (nSPS) is 16.4. The highest BCUT2D eigenvalue weighted by Gasteiger charge is 2.30. The van der Waals surface area contributed by atoms with Crippen LogP contribution in [0.4, 0.5) is 4.39 Å². The number of fused-ring (bicyclic) bond motifs is 3. The standard InChI is InChI=1S/C27H21FN4O/c1-16(13-29)26-21-6-2-17(10-19(21)15-33-24-12-20(28)5-7-22(24)26)11-23-27(18-3-4-18)31-25-14-30-8-9-32(23)25/h2,5-10,12,14,18H,3-4,11,15H2,1H3/b26-16+. The van der Waals surface area contributed by atoms with Gasteiger partial charge in [-0.2, -0.15) is 5.26 Å². The number of ether oxygens (including phenoxy) is 1. The second-order valence-corrected chi connectivity index (χ2v) is 8.73. The molecule has 3 heterocycles. The monoisotopic (exact) mass is 436 g/mol. The van der Waals surface area contributed by atoms with E-state index in [0.29, 0.717) is 23.8 Å². The molecule has 1 aliphatic heterocycles. The first-order valence-electron chi connectivity index (χ1n) is 11.1. The SMILES string of the molecule is C/C(C#N)=C1/c2ccc(Cc3c(C4CC4)nc4cnccn34)cc2COc2cc(F)ccc21. The van der Waals surface area contributed by atoms with Gasteiger partial charge in [-0.15, -0.1) is 0 Å². The van der Waals surface area contributed by atoms with Gasteiger partial charge in [0.15, 0.2) is 5.65 Å². The molecule has 0 atom stereocenters. The Morgan fingerprint density at radius 1 is 1.21 bits per heavy atom. The molecule has 4 aromatic rings. The van der Waals surface area contributed by atoms with Crippen molar-refractivity contribution in [3.63, 3.8) is 0 Å². The third-order valence-corrected chi connectivity index (χ3v) is 6.47. The molecule has 2 aromatic heterocycles. The summed E-state index contributed by atoms with van der Waals surface area (Å²) < 4.78 is 22.0. The van der Waals surface area contributed by atoms with Crippen LogP contribution in [0.5, 0.6) is 5.75 Å². The van der Waals surface area contributed by atoms with E-state index in [1.54, 1.807) is 25.4 Å². The molecule has 0 radical (unpaired) electrons. The van der Waals surface area contributed by atoms with Gasteiger partial charge in [-0.05, 0) is 48.6 Å². The van der Waals surface area contributed by atoms with Crippen LogP contribution in [-0.2, 0) is 13.0 Å². The van der Waals surface area contributed by atoms with Gasteiger partial charge in [-0.1, -0.05) is 18.2 Å². The summed E-state index contributed by atoms with van der Waals surface area (Å²) in [5.74, 6) is 0.632. The van der Waals surface area contributed by atoms with Gasteiger partial charge in [0, 0.05) is 47.5 Å². The van der Waals surface area contributed by atoms with Crippen LogP contribution in [0.25, 0.3) is 11.2 Å². The van der Waals surface area contributed by atoms with Gasteiger partial charge in [-0.3, -0.25) is 4.98 Å². The van der Waals surface area contributed by atoms with Gasteiger partial charge >= 0.3 is 0 Å². The van der Waals surface area contributed by atoms with Gasteiger partial charge in [0.05, 0.1) is 23.7 Å². The smallest absolute Gasteiger partial charge is 0.155 e. The van der Waals surface area contributed by atoms with E-state index in [1.165, 1.54) is 30.7 Å². The van der Waals surface area contributed by atoms with E-state index in [-0.39, 0.29) is 5.82 Å². The van der Waals surface area contributed by atoms with Gasteiger partial charge in [-0.25, -0.2) is 9.37 Å². The van der Waals surface area contributed by atoms with E-state index in [1.807, 2.05) is 6.20 Å². The molecule has 33 heavy (non-hydrogen) atoms. The summed E-state index contributed by atoms with van der Waals surface area (Å²) >= 11 is 0. The molecule has 0 saturated heterocycles. The zero-order valence-electron chi connectivity index (χ0n) is 18.2. The summed E-state index contributed by atoms with van der Waals surface area (Å²) in [6, 6.07) is 13.1. The lowest BCUT2D eigenvalue weighted by Gasteiger charge is -2.13. The molecule has 2 aromatic carbocycles. The minimum Gasteiger partial charge on any atom is -0.488 e. The molecule has 0 N–H and O–H groups in total. The fraction of sp³-hybridized carbons (Fsp3) is 0.222. The number of aromatic nitrogens is 3. The Morgan fingerprint density at radius 3 is 2.88 bits per heavy atom. The number of nitrogens with zero attached hydrogens (tertiary/aromatic N) is 4. The van der Waals surface area contributed by atoms with E-state index in [4.69, 9.17) is 9.72 Å². The summed E-state index contributed by atoms with van der Waals surface area (Å²) in [4.78, 5) is 9.07. The highest BCUT2D eigenvalue weighted by molar-refractivity contribution is 5.88. The van der Waals surface area contributed by atoms with E-state index in [0.717, 1.165) is 45.6 Å². The Labute approximate surface area is 190 Å². The summed E-state index contributed by atoms with van der Waals surface area (Å²) in [6.45, 7) is 2.11. The third kappa shape index (κ3) is 3.37. The number of hydrogen-bond acceptors (Lipinski definition) is 4. The predicted octanol–water partition coefficient (Wildman–Crippen LogP) is 5.57. The summed E-state index contributed by atoms with van der Waals surface area (Å²) in [6.07, 6.45) is 8.66. The first-order valence-corrected chi connectivity index (χ1v) is 11.1. The highest BCUT2D eigenvalue weighted by atomic mass is 19.1. The lowest BCUT2D eigenvalue weighted by molar-refractivity contribution is 0.305. The molecular weight excluding hydrogens is 415 g/mol. The maximum absolute atomic E-state index is 13.9. The van der Waals surface area contributed by atoms with Crippen LogP contribution in [0.3, 0.4) is 0 Å². The van der Waals surface area contributed by atoms with Gasteiger partial charge in [0.1, 0.15) is 18.2 Å². The van der Waals surface area contributed by atoms with Crippen LogP contribution < -0.4 is 4.74 Å². The molecular formula is C27H21FN4O. The van der Waals surface area contributed by atoms with Crippen molar-refractivity contribution in [2.75, 3.05) is 0 Å². The maximum Gasteiger partial charge on any atom is 0.155 e. The van der Waals surface area contributed by atoms with Crippen molar-refractivity contribution in [2.45, 2.75) is 38.7 Å². The first-order chi connectivity index (χ1) is 16.1. The van der Waals surface area contributed by atoms with Crippen LogP contribution in [-0.4, -0.2) is 14.4 Å². The number of rotatable bonds is 3. The highest BCUT2D eigenvalue weighted by Crippen LogP contribution is 2.42. The first kappa shape index (κ1) is 19.7. The largest absolute Gasteiger partial charge is 0.488 e. The number of benzene rings is 2. The molecule has 2 aliphatic rings. The fourth-order valence-corrected chi connectivity index (χ4v) is 4.73. The van der Waals surface area contributed by atoms with E-state index >= 15 is 0 Å². The third-order valence-electron chi connectivity index (χ3n) is 6.47. The Morgan fingerprint density at radius 2 is 2.06 bits per heavy atom. The Hall–Kier alpha value is -3.98. The minimum atomic E-state index is -0.357. The Balaban J connectivity index is 1.45. The summed E-state index contributed by atoms with van der Waals surface area (Å²) in [5.41, 5.74) is 8.43. The molecule has 6 rings (SSSR count). The quantitative estimate of drug-likeness (QED) is 0.394. The Bertz CT molecular complexity index is 1490. The lowest BCUT2D eigenvalue weighted by Crippen LogP contribution is -2.02. The molecule has 0 unspecified atom stereocenters. The van der Waals surface area contributed by atoms with Crippen molar-refractivity contribution >= 4 is 11.2 Å². The molecule has 1 fully saturated rings. The number of nitriles is 1. The van der Waals surface area contributed by atoms with Crippen molar-refractivity contribution in [3.8, 4) is 11.8 Å². The molecule has 0 spiro atoms. The van der Waals surface area contributed by atoms with Crippen LogP contribution in [0.1, 0.15) is 59.3 Å². The van der Waals surface area contributed by atoms with Crippen LogP contribution in [0, 0.1) is 17.1 Å². The molecule has 162 valence electrons. The predicted molar refractivity (Wildman–Crippen MR) is 122 cm³/mol. The number of imidazole rings is 1. The number of halogens is 1. The second kappa shape index (κ2) is 7.56. The number of allylic oxidation sites excluding steroid dienone is 1. The second-order valence-electron chi connectivity index (χ2n) is 8.73. The van der Waals surface area contributed by atoms with E-state index < -0.39 is 0 Å². The van der Waals surface area contributed by atoms with Crippen LogP contribution in [0.15, 0.2) is 60.6 Å². The van der Waals surface area contributed by atoms with E-state index in [2.05, 4.69) is 33.7 Å². The van der Waals surface area contributed by atoms with E-state index in [9.17, 15) is 9.65 Å².